The maximum absolute atomic E-state index is 11.5. The van der Waals surface area contributed by atoms with E-state index in [1.165, 1.54) is 6.07 Å². The first kappa shape index (κ1) is 13.6. The second-order valence-electron chi connectivity index (χ2n) is 4.70. The topological polar surface area (TPSA) is 78.0 Å². The van der Waals surface area contributed by atoms with Crippen LogP contribution >= 0.6 is 0 Å². The summed E-state index contributed by atoms with van der Waals surface area (Å²) in [6, 6.07) is 4.70. The zero-order chi connectivity index (χ0) is 14.4. The lowest BCUT2D eigenvalue weighted by Crippen LogP contribution is -2.06. The van der Waals surface area contributed by atoms with E-state index in [9.17, 15) is 8.42 Å². The number of aromatic nitrogens is 2. The molecule has 1 aromatic heterocycles. The lowest BCUT2D eigenvalue weighted by atomic mass is 10.2. The molecule has 1 aromatic carbocycles. The highest BCUT2D eigenvalue weighted by Gasteiger charge is 2.14. The normalized spacial score (nSPS) is 11.8. The van der Waals surface area contributed by atoms with E-state index in [1.807, 2.05) is 20.8 Å². The Labute approximate surface area is 113 Å². The molecule has 0 fully saturated rings. The van der Waals surface area contributed by atoms with Crippen molar-refractivity contribution >= 4 is 15.5 Å². The van der Waals surface area contributed by atoms with Crippen LogP contribution in [0.2, 0.25) is 0 Å². The maximum Gasteiger partial charge on any atom is 0.175 e. The van der Waals surface area contributed by atoms with E-state index in [0.29, 0.717) is 11.4 Å². The first-order chi connectivity index (χ1) is 8.71. The Morgan fingerprint density at radius 1 is 1.21 bits per heavy atom. The van der Waals surface area contributed by atoms with Crippen LogP contribution in [0.5, 0.6) is 0 Å². The van der Waals surface area contributed by atoms with Gasteiger partial charge in [-0.15, -0.1) is 0 Å². The van der Waals surface area contributed by atoms with E-state index in [2.05, 4.69) is 5.10 Å². The molecule has 0 aliphatic heterocycles. The Bertz CT molecular complexity index is 745. The zero-order valence-corrected chi connectivity index (χ0v) is 12.2. The lowest BCUT2D eigenvalue weighted by Gasteiger charge is -2.09. The standard InChI is InChI=1S/C13H17N3O2S/c1-8-9(2)15-16(10(8)3)13-6-5-11(7-12(13)14)19(4,17)18/h5-7H,14H2,1-4H3. The minimum atomic E-state index is -3.25. The minimum absolute atomic E-state index is 0.215. The first-order valence-corrected chi connectivity index (χ1v) is 7.73. The van der Waals surface area contributed by atoms with Crippen LogP contribution in [0.1, 0.15) is 17.0 Å². The number of hydrogen-bond donors (Lipinski definition) is 1. The van der Waals surface area contributed by atoms with Gasteiger partial charge in [-0.05, 0) is 44.5 Å². The molecule has 0 saturated heterocycles. The van der Waals surface area contributed by atoms with Crippen molar-refractivity contribution in [3.63, 3.8) is 0 Å². The van der Waals surface area contributed by atoms with Gasteiger partial charge in [0.1, 0.15) is 0 Å². The fraction of sp³-hybridized carbons (Fsp3) is 0.308. The fourth-order valence-corrected chi connectivity index (χ4v) is 2.57. The highest BCUT2D eigenvalue weighted by atomic mass is 32.2. The highest BCUT2D eigenvalue weighted by Crippen LogP contribution is 2.24. The second kappa shape index (κ2) is 4.38. The summed E-state index contributed by atoms with van der Waals surface area (Å²) >= 11 is 0. The van der Waals surface area contributed by atoms with Gasteiger partial charge in [-0.25, -0.2) is 13.1 Å². The van der Waals surface area contributed by atoms with Gasteiger partial charge >= 0.3 is 0 Å². The Kier molecular flexibility index (Phi) is 3.14. The molecular formula is C13H17N3O2S. The molecule has 0 atom stereocenters. The Morgan fingerprint density at radius 2 is 1.84 bits per heavy atom. The predicted molar refractivity (Wildman–Crippen MR) is 75.3 cm³/mol. The molecule has 6 heteroatoms. The molecule has 2 aromatic rings. The molecule has 1 heterocycles. The van der Waals surface area contributed by atoms with Gasteiger partial charge in [0.2, 0.25) is 0 Å². The predicted octanol–water partition coefficient (Wildman–Crippen LogP) is 1.78. The van der Waals surface area contributed by atoms with E-state index in [-0.39, 0.29) is 4.90 Å². The maximum atomic E-state index is 11.5. The van der Waals surface area contributed by atoms with Gasteiger partial charge in [0.05, 0.1) is 22.0 Å². The van der Waals surface area contributed by atoms with Gasteiger partial charge in [0.15, 0.2) is 9.84 Å². The summed E-state index contributed by atoms with van der Waals surface area (Å²) in [7, 11) is -3.25. The van der Waals surface area contributed by atoms with Gasteiger partial charge in [0.25, 0.3) is 0 Å². The van der Waals surface area contributed by atoms with Crippen molar-refractivity contribution in [3.05, 3.63) is 35.2 Å². The molecule has 0 saturated carbocycles. The number of aryl methyl sites for hydroxylation is 1. The van der Waals surface area contributed by atoms with Crippen LogP contribution in [0.4, 0.5) is 5.69 Å². The van der Waals surface area contributed by atoms with Gasteiger partial charge in [0, 0.05) is 11.9 Å². The monoisotopic (exact) mass is 279 g/mol. The molecule has 0 aliphatic carbocycles. The molecule has 19 heavy (non-hydrogen) atoms. The largest absolute Gasteiger partial charge is 0.397 e. The van der Waals surface area contributed by atoms with Crippen LogP contribution in [0.25, 0.3) is 5.69 Å². The number of nitrogens with two attached hydrogens (primary N) is 1. The van der Waals surface area contributed by atoms with Crippen molar-refractivity contribution < 1.29 is 8.42 Å². The van der Waals surface area contributed by atoms with Crippen LogP contribution < -0.4 is 5.73 Å². The van der Waals surface area contributed by atoms with Crippen LogP contribution in [0.3, 0.4) is 0 Å². The highest BCUT2D eigenvalue weighted by molar-refractivity contribution is 7.90. The number of nitrogen functional groups attached to an aromatic ring is 1. The summed E-state index contributed by atoms with van der Waals surface area (Å²) in [6.45, 7) is 5.88. The van der Waals surface area contributed by atoms with Crippen molar-refractivity contribution in [2.45, 2.75) is 25.7 Å². The number of hydrogen-bond acceptors (Lipinski definition) is 4. The Hall–Kier alpha value is -1.82. The van der Waals surface area contributed by atoms with Crippen LogP contribution in [-0.4, -0.2) is 24.5 Å². The Morgan fingerprint density at radius 3 is 2.26 bits per heavy atom. The van der Waals surface area contributed by atoms with Crippen molar-refractivity contribution in [1.29, 1.82) is 0 Å². The summed E-state index contributed by atoms with van der Waals surface area (Å²) in [5.74, 6) is 0. The number of sulfone groups is 1. The van der Waals surface area contributed by atoms with Crippen LogP contribution in [0, 0.1) is 20.8 Å². The molecule has 0 bridgehead atoms. The average molecular weight is 279 g/mol. The molecule has 2 N–H and O–H groups in total. The van der Waals surface area contributed by atoms with E-state index >= 15 is 0 Å². The van der Waals surface area contributed by atoms with Crippen LogP contribution in [0.15, 0.2) is 23.1 Å². The summed E-state index contributed by atoms with van der Waals surface area (Å²) < 4.78 is 24.7. The van der Waals surface area contributed by atoms with Crippen molar-refractivity contribution in [2.24, 2.45) is 0 Å². The van der Waals surface area contributed by atoms with E-state index in [0.717, 1.165) is 23.2 Å². The van der Waals surface area contributed by atoms with E-state index in [1.54, 1.807) is 16.8 Å². The smallest absolute Gasteiger partial charge is 0.175 e. The third-order valence-electron chi connectivity index (χ3n) is 3.31. The molecule has 0 amide bonds. The number of nitrogens with zero attached hydrogens (tertiary/aromatic N) is 2. The van der Waals surface area contributed by atoms with E-state index in [4.69, 9.17) is 5.73 Å². The molecule has 0 spiro atoms. The quantitative estimate of drug-likeness (QED) is 0.850. The molecule has 5 nitrogen and oxygen atoms in total. The number of anilines is 1. The number of rotatable bonds is 2. The van der Waals surface area contributed by atoms with Gasteiger partial charge in [-0.2, -0.15) is 5.10 Å². The van der Waals surface area contributed by atoms with Gasteiger partial charge in [-0.3, -0.25) is 0 Å². The van der Waals surface area contributed by atoms with Crippen LogP contribution in [-0.2, 0) is 9.84 Å². The molecule has 0 aliphatic rings. The van der Waals surface area contributed by atoms with Crippen molar-refractivity contribution in [3.8, 4) is 5.69 Å². The number of benzene rings is 1. The fourth-order valence-electron chi connectivity index (χ4n) is 1.91. The first-order valence-electron chi connectivity index (χ1n) is 5.84. The molecule has 2 rings (SSSR count). The molecular weight excluding hydrogens is 262 g/mol. The summed E-state index contributed by atoms with van der Waals surface area (Å²) in [5.41, 5.74) is 10.1. The second-order valence-corrected chi connectivity index (χ2v) is 6.72. The summed E-state index contributed by atoms with van der Waals surface area (Å²) in [4.78, 5) is 0.215. The summed E-state index contributed by atoms with van der Waals surface area (Å²) in [6.07, 6.45) is 1.16. The SMILES string of the molecule is Cc1nn(-c2ccc(S(C)(=O)=O)cc2N)c(C)c1C. The minimum Gasteiger partial charge on any atom is -0.397 e. The average Bonchev–Trinajstić information content (AvgIpc) is 2.56. The van der Waals surface area contributed by atoms with E-state index < -0.39 is 9.84 Å². The molecule has 0 unspecified atom stereocenters. The molecule has 0 radical (unpaired) electrons. The zero-order valence-electron chi connectivity index (χ0n) is 11.4. The van der Waals surface area contributed by atoms with Crippen molar-refractivity contribution in [2.75, 3.05) is 12.0 Å². The lowest BCUT2D eigenvalue weighted by molar-refractivity contribution is 0.602. The third kappa shape index (κ3) is 2.35. The summed E-state index contributed by atoms with van der Waals surface area (Å²) in [5, 5.41) is 4.42. The van der Waals surface area contributed by atoms with Gasteiger partial charge < -0.3 is 5.73 Å². The Balaban J connectivity index is 2.62. The van der Waals surface area contributed by atoms with Crippen molar-refractivity contribution in [1.82, 2.24) is 9.78 Å². The molecule has 102 valence electrons. The third-order valence-corrected chi connectivity index (χ3v) is 4.42. The van der Waals surface area contributed by atoms with Gasteiger partial charge in [-0.1, -0.05) is 0 Å².